The van der Waals surface area contributed by atoms with E-state index in [-0.39, 0.29) is 40.7 Å². The van der Waals surface area contributed by atoms with Crippen LogP contribution in [0.5, 0.6) is 5.75 Å². The van der Waals surface area contributed by atoms with Crippen molar-refractivity contribution in [2.75, 3.05) is 18.2 Å². The minimum atomic E-state index is -4.78. The molecule has 6 nitrogen and oxygen atoms in total. The molecule has 0 fully saturated rings. The van der Waals surface area contributed by atoms with Gasteiger partial charge in [0, 0.05) is 39.1 Å². The normalized spacial score (nSPS) is 15.0. The number of pyridine rings is 2. The molecule has 174 valence electrons. The molecular weight excluding hydrogens is 467 g/mol. The number of ether oxygens (including phenoxy) is 1. The molecule has 33 heavy (non-hydrogen) atoms. The third-order valence-electron chi connectivity index (χ3n) is 4.82. The molecule has 0 radical (unpaired) electrons. The van der Waals surface area contributed by atoms with Gasteiger partial charge in [-0.2, -0.15) is 13.2 Å². The van der Waals surface area contributed by atoms with Crippen LogP contribution in [0, 0.1) is 16.4 Å². The second-order valence-corrected chi connectivity index (χ2v) is 9.87. The largest absolute Gasteiger partial charge is 0.492 e. The van der Waals surface area contributed by atoms with Crippen molar-refractivity contribution >= 4 is 21.4 Å². The van der Waals surface area contributed by atoms with E-state index in [1.54, 1.807) is 0 Å². The number of anilines is 2. The van der Waals surface area contributed by atoms with Crippen LogP contribution in [-0.2, 0) is 28.1 Å². The minimum Gasteiger partial charge on any atom is -0.492 e. The molecule has 3 aromatic rings. The molecule has 0 spiro atoms. The molecule has 0 aliphatic carbocycles. The standard InChI is InChI=1S/C21H17F5N4O2S/c1-33(27,31)10-11-6-17(21(24,25)26)29-19(7-11)30-18-8-14(16(23)9-28-18)12-2-3-15(22)13-4-5-32-20(12)13/h2-3,6-9,27H,4-5,10H2,1H3,(H,28,29,30). The van der Waals surface area contributed by atoms with Gasteiger partial charge in [-0.3, -0.25) is 4.78 Å². The summed E-state index contributed by atoms with van der Waals surface area (Å²) in [6, 6.07) is 5.75. The van der Waals surface area contributed by atoms with Crippen LogP contribution >= 0.6 is 0 Å². The first-order chi connectivity index (χ1) is 15.4. The molecular formula is C21H17F5N4O2S. The van der Waals surface area contributed by atoms with Crippen molar-refractivity contribution in [1.82, 2.24) is 9.97 Å². The molecule has 3 heterocycles. The summed E-state index contributed by atoms with van der Waals surface area (Å²) in [7, 11) is -3.12. The van der Waals surface area contributed by atoms with Crippen LogP contribution in [0.15, 0.2) is 36.5 Å². The zero-order valence-corrected chi connectivity index (χ0v) is 17.9. The van der Waals surface area contributed by atoms with Crippen molar-refractivity contribution in [3.63, 3.8) is 0 Å². The fourth-order valence-corrected chi connectivity index (χ4v) is 4.31. The summed E-state index contributed by atoms with van der Waals surface area (Å²) in [5.41, 5.74) is -0.626. The molecule has 12 heteroatoms. The van der Waals surface area contributed by atoms with Crippen LogP contribution in [0.25, 0.3) is 11.1 Å². The second-order valence-electron chi connectivity index (χ2n) is 7.57. The van der Waals surface area contributed by atoms with E-state index in [9.17, 15) is 26.2 Å². The summed E-state index contributed by atoms with van der Waals surface area (Å²) in [4.78, 5) is 7.38. The van der Waals surface area contributed by atoms with E-state index in [0.717, 1.165) is 18.5 Å². The molecule has 1 atom stereocenters. The average Bonchev–Trinajstić information content (AvgIpc) is 3.19. The maximum atomic E-state index is 14.6. The lowest BCUT2D eigenvalue weighted by atomic mass is 10.0. The average molecular weight is 484 g/mol. The van der Waals surface area contributed by atoms with Crippen molar-refractivity contribution in [2.24, 2.45) is 0 Å². The minimum absolute atomic E-state index is 0.00517. The molecule has 0 amide bonds. The second kappa shape index (κ2) is 8.25. The topological polar surface area (TPSA) is 88.0 Å². The number of hydrogen-bond donors (Lipinski definition) is 2. The number of aromatic nitrogens is 2. The molecule has 2 N–H and O–H groups in total. The maximum Gasteiger partial charge on any atom is 0.433 e. The van der Waals surface area contributed by atoms with Crippen LogP contribution in [0.4, 0.5) is 33.6 Å². The van der Waals surface area contributed by atoms with Crippen LogP contribution in [-0.4, -0.2) is 27.0 Å². The van der Waals surface area contributed by atoms with Gasteiger partial charge in [0.15, 0.2) is 0 Å². The zero-order chi connectivity index (χ0) is 24.0. The fraction of sp³-hybridized carbons (Fsp3) is 0.238. The number of rotatable bonds is 5. The smallest absolute Gasteiger partial charge is 0.433 e. The van der Waals surface area contributed by atoms with Gasteiger partial charge in [0.2, 0.25) is 0 Å². The van der Waals surface area contributed by atoms with Crippen LogP contribution in [0.1, 0.15) is 16.8 Å². The van der Waals surface area contributed by atoms with E-state index >= 15 is 0 Å². The number of nitrogens with zero attached hydrogens (tertiary/aromatic N) is 2. The van der Waals surface area contributed by atoms with Gasteiger partial charge < -0.3 is 10.1 Å². The summed E-state index contributed by atoms with van der Waals surface area (Å²) in [6.07, 6.45) is -2.46. The number of alkyl halides is 3. The highest BCUT2D eigenvalue weighted by atomic mass is 32.2. The van der Waals surface area contributed by atoms with Crippen LogP contribution < -0.4 is 10.1 Å². The molecule has 4 rings (SSSR count). The van der Waals surface area contributed by atoms with Crippen molar-refractivity contribution in [2.45, 2.75) is 18.3 Å². The number of fused-ring (bicyclic) bond motifs is 1. The van der Waals surface area contributed by atoms with E-state index in [1.807, 2.05) is 0 Å². The Kier molecular flexibility index (Phi) is 5.72. The fourth-order valence-electron chi connectivity index (χ4n) is 3.51. The molecule has 1 unspecified atom stereocenters. The Hall–Kier alpha value is -3.28. The lowest BCUT2D eigenvalue weighted by molar-refractivity contribution is -0.141. The Labute approximate surface area is 185 Å². The Morgan fingerprint density at radius 2 is 1.88 bits per heavy atom. The summed E-state index contributed by atoms with van der Waals surface area (Å²) in [6.45, 7) is 0.245. The molecule has 0 saturated carbocycles. The third kappa shape index (κ3) is 5.05. The first kappa shape index (κ1) is 22.9. The highest BCUT2D eigenvalue weighted by molar-refractivity contribution is 7.90. The number of halogens is 5. The summed E-state index contributed by atoms with van der Waals surface area (Å²) >= 11 is 0. The summed E-state index contributed by atoms with van der Waals surface area (Å²) < 4.78 is 93.3. The van der Waals surface area contributed by atoms with E-state index in [0.29, 0.717) is 12.0 Å². The highest BCUT2D eigenvalue weighted by Crippen LogP contribution is 2.40. The lowest BCUT2D eigenvalue weighted by Crippen LogP contribution is -2.12. The summed E-state index contributed by atoms with van der Waals surface area (Å²) in [5.74, 6) is -1.70. The number of hydrogen-bond acceptors (Lipinski definition) is 6. The highest BCUT2D eigenvalue weighted by Gasteiger charge is 2.33. The van der Waals surface area contributed by atoms with E-state index in [1.165, 1.54) is 24.3 Å². The molecule has 0 saturated heterocycles. The van der Waals surface area contributed by atoms with Crippen LogP contribution in [0.3, 0.4) is 0 Å². The Balaban J connectivity index is 1.74. The van der Waals surface area contributed by atoms with E-state index in [4.69, 9.17) is 9.52 Å². The predicted molar refractivity (Wildman–Crippen MR) is 112 cm³/mol. The predicted octanol–water partition coefficient (Wildman–Crippen LogP) is 5.30. The first-order valence-corrected chi connectivity index (χ1v) is 11.7. The van der Waals surface area contributed by atoms with Gasteiger partial charge in [-0.05, 0) is 35.9 Å². The molecule has 1 aliphatic rings. The number of benzene rings is 1. The van der Waals surface area contributed by atoms with Crippen molar-refractivity contribution in [3.8, 4) is 16.9 Å². The molecule has 1 aliphatic heterocycles. The third-order valence-corrected chi connectivity index (χ3v) is 5.71. The van der Waals surface area contributed by atoms with Gasteiger partial charge in [-0.25, -0.2) is 23.0 Å². The van der Waals surface area contributed by atoms with Crippen molar-refractivity contribution in [1.29, 1.82) is 4.78 Å². The van der Waals surface area contributed by atoms with Crippen molar-refractivity contribution < 1.29 is 30.9 Å². The monoisotopic (exact) mass is 484 g/mol. The lowest BCUT2D eigenvalue weighted by Gasteiger charge is -2.14. The van der Waals surface area contributed by atoms with Crippen molar-refractivity contribution in [3.05, 3.63) is 65.0 Å². The van der Waals surface area contributed by atoms with E-state index in [2.05, 4.69) is 15.3 Å². The first-order valence-electron chi connectivity index (χ1n) is 9.57. The Morgan fingerprint density at radius 3 is 2.58 bits per heavy atom. The Bertz CT molecular complexity index is 1340. The van der Waals surface area contributed by atoms with Gasteiger partial charge in [-0.1, -0.05) is 0 Å². The maximum absolute atomic E-state index is 14.6. The van der Waals surface area contributed by atoms with Crippen LogP contribution in [0.2, 0.25) is 0 Å². The van der Waals surface area contributed by atoms with Gasteiger partial charge >= 0.3 is 6.18 Å². The zero-order valence-electron chi connectivity index (χ0n) is 17.1. The summed E-state index contributed by atoms with van der Waals surface area (Å²) in [5, 5.41) is 2.60. The molecule has 0 bridgehead atoms. The van der Waals surface area contributed by atoms with E-state index < -0.39 is 39.0 Å². The van der Waals surface area contributed by atoms with Gasteiger partial charge in [-0.15, -0.1) is 0 Å². The SMILES string of the molecule is CS(=N)(=O)Cc1cc(Nc2cc(-c3ccc(F)c4c3OCC4)c(F)cn2)nc(C(F)(F)F)c1. The Morgan fingerprint density at radius 1 is 1.12 bits per heavy atom. The molecule has 2 aromatic heterocycles. The quantitative estimate of drug-likeness (QED) is 0.480. The van der Waals surface area contributed by atoms with Gasteiger partial charge in [0.25, 0.3) is 0 Å². The number of nitrogens with one attached hydrogen (secondary N) is 2. The van der Waals surface area contributed by atoms with Gasteiger partial charge in [0.05, 0.1) is 18.6 Å². The molecule has 1 aromatic carbocycles. The van der Waals surface area contributed by atoms with Gasteiger partial charge in [0.1, 0.15) is 34.7 Å².